The van der Waals surface area contributed by atoms with Crippen molar-refractivity contribution in [3.8, 4) is 5.75 Å². The van der Waals surface area contributed by atoms with Crippen LogP contribution in [-0.4, -0.2) is 37.4 Å². The van der Waals surface area contributed by atoms with E-state index >= 15 is 0 Å². The Morgan fingerprint density at radius 3 is 2.30 bits per heavy atom. The van der Waals surface area contributed by atoms with Gasteiger partial charge in [0.15, 0.2) is 0 Å². The molecule has 4 heteroatoms. The molecule has 2 aromatic rings. The first-order valence-electron chi connectivity index (χ1n) is 12.7. The van der Waals surface area contributed by atoms with Crippen LogP contribution in [0.15, 0.2) is 54.6 Å². The monoisotopic (exact) mass is 454 g/mol. The highest BCUT2D eigenvalue weighted by atomic mass is 16.7. The predicted octanol–water partition coefficient (Wildman–Crippen LogP) is 6.91. The number of carbonyl (C=O) groups is 1. The maximum Gasteiger partial charge on any atom is 0.314 e. The fourth-order valence-corrected chi connectivity index (χ4v) is 3.98. The summed E-state index contributed by atoms with van der Waals surface area (Å²) >= 11 is 0. The van der Waals surface area contributed by atoms with Gasteiger partial charge in [0.2, 0.25) is 6.29 Å². The van der Waals surface area contributed by atoms with E-state index < -0.39 is 6.29 Å². The van der Waals surface area contributed by atoms with Crippen molar-refractivity contribution in [2.45, 2.75) is 84.5 Å². The van der Waals surface area contributed by atoms with Crippen LogP contribution in [0.3, 0.4) is 0 Å². The summed E-state index contributed by atoms with van der Waals surface area (Å²) in [6, 6.07) is 18.6. The van der Waals surface area contributed by atoms with E-state index in [1.54, 1.807) is 0 Å². The van der Waals surface area contributed by atoms with Crippen molar-refractivity contribution >= 4 is 5.97 Å². The van der Waals surface area contributed by atoms with Gasteiger partial charge in [0, 0.05) is 12.0 Å². The van der Waals surface area contributed by atoms with Gasteiger partial charge in [0.1, 0.15) is 12.3 Å². The zero-order chi connectivity index (χ0) is 23.9. The molecule has 2 aromatic carbocycles. The van der Waals surface area contributed by atoms with E-state index in [2.05, 4.69) is 57.4 Å². The average molecular weight is 455 g/mol. The van der Waals surface area contributed by atoms with Crippen molar-refractivity contribution in [3.63, 3.8) is 0 Å². The minimum Gasteiger partial charge on any atom is -0.455 e. The van der Waals surface area contributed by atoms with Crippen LogP contribution in [0.4, 0.5) is 0 Å². The third kappa shape index (κ3) is 11.4. The number of nitrogens with zero attached hydrogens (tertiary/aromatic N) is 1. The summed E-state index contributed by atoms with van der Waals surface area (Å²) in [6.45, 7) is 5.83. The summed E-state index contributed by atoms with van der Waals surface area (Å²) in [5.74, 6) is 0.572. The van der Waals surface area contributed by atoms with Crippen LogP contribution in [0.5, 0.6) is 5.75 Å². The van der Waals surface area contributed by atoms with Gasteiger partial charge in [-0.1, -0.05) is 88.4 Å². The lowest BCUT2D eigenvalue weighted by Crippen LogP contribution is -2.41. The Morgan fingerprint density at radius 1 is 0.879 bits per heavy atom. The second-order valence-electron chi connectivity index (χ2n) is 9.66. The van der Waals surface area contributed by atoms with Crippen LogP contribution in [-0.2, 0) is 22.5 Å². The van der Waals surface area contributed by atoms with Gasteiger partial charge >= 0.3 is 5.97 Å². The van der Waals surface area contributed by atoms with Crippen LogP contribution in [0, 0.1) is 0 Å². The first-order chi connectivity index (χ1) is 15.9. The number of rotatable bonds is 16. The van der Waals surface area contributed by atoms with Crippen LogP contribution >= 0.6 is 0 Å². The average Bonchev–Trinajstić information content (AvgIpc) is 2.80. The molecular weight excluding hydrogens is 410 g/mol. The predicted molar refractivity (Wildman–Crippen MR) is 136 cm³/mol. The Kier molecular flexibility index (Phi) is 12.0. The van der Waals surface area contributed by atoms with E-state index in [1.165, 1.54) is 49.7 Å². The van der Waals surface area contributed by atoms with Gasteiger partial charge in [-0.2, -0.15) is 0 Å². The minimum atomic E-state index is -0.550. The van der Waals surface area contributed by atoms with Crippen LogP contribution in [0.2, 0.25) is 0 Å². The molecule has 0 amide bonds. The van der Waals surface area contributed by atoms with Gasteiger partial charge in [-0.3, -0.25) is 4.79 Å². The minimum absolute atomic E-state index is 0.204. The molecule has 0 saturated carbocycles. The molecule has 2 rings (SSSR count). The lowest BCUT2D eigenvalue weighted by molar-refractivity contribution is -0.903. The fourth-order valence-electron chi connectivity index (χ4n) is 3.98. The molecule has 33 heavy (non-hydrogen) atoms. The number of esters is 1. The number of unbranched alkanes of at least 4 members (excludes halogenated alkanes) is 5. The molecule has 0 aliphatic rings. The van der Waals surface area contributed by atoms with Crippen molar-refractivity contribution < 1.29 is 18.8 Å². The highest BCUT2D eigenvalue weighted by Crippen LogP contribution is 2.19. The zero-order valence-electron chi connectivity index (χ0n) is 21.2. The SMILES string of the molecule is CCCCCCCCc1cccc(OC(CC)OC(=O)CC[N+](C)(C)Cc2ccccc2)c1. The number of aryl methyl sites for hydroxylation is 1. The molecule has 0 saturated heterocycles. The highest BCUT2D eigenvalue weighted by Gasteiger charge is 2.21. The van der Waals surface area contributed by atoms with Gasteiger partial charge in [-0.25, -0.2) is 0 Å². The fraction of sp³-hybridized carbons (Fsp3) is 0.552. The van der Waals surface area contributed by atoms with E-state index in [-0.39, 0.29) is 5.97 Å². The van der Waals surface area contributed by atoms with Crippen molar-refractivity contribution in [1.29, 1.82) is 0 Å². The van der Waals surface area contributed by atoms with E-state index in [0.29, 0.717) is 12.8 Å². The molecule has 0 N–H and O–H groups in total. The molecule has 0 aliphatic carbocycles. The lowest BCUT2D eigenvalue weighted by atomic mass is 10.0. The molecule has 0 bridgehead atoms. The second-order valence-corrected chi connectivity index (χ2v) is 9.66. The maximum absolute atomic E-state index is 12.5. The van der Waals surface area contributed by atoms with Crippen molar-refractivity contribution in [1.82, 2.24) is 0 Å². The number of hydrogen-bond donors (Lipinski definition) is 0. The summed E-state index contributed by atoms with van der Waals surface area (Å²) in [4.78, 5) is 12.5. The Bertz CT molecular complexity index is 804. The normalized spacial score (nSPS) is 12.4. The molecule has 182 valence electrons. The van der Waals surface area contributed by atoms with Gasteiger partial charge in [-0.15, -0.1) is 0 Å². The summed E-state index contributed by atoms with van der Waals surface area (Å²) < 4.78 is 12.4. The molecule has 0 aromatic heterocycles. The Morgan fingerprint density at radius 2 is 1.58 bits per heavy atom. The van der Waals surface area contributed by atoms with Gasteiger partial charge in [0.05, 0.1) is 27.1 Å². The van der Waals surface area contributed by atoms with E-state index in [4.69, 9.17) is 9.47 Å². The quantitative estimate of drug-likeness (QED) is 0.120. The molecule has 4 nitrogen and oxygen atoms in total. The summed E-state index contributed by atoms with van der Waals surface area (Å²) in [5, 5.41) is 0. The molecule has 0 radical (unpaired) electrons. The Balaban J connectivity index is 1.76. The zero-order valence-corrected chi connectivity index (χ0v) is 21.2. The maximum atomic E-state index is 12.5. The van der Waals surface area contributed by atoms with E-state index in [0.717, 1.165) is 29.7 Å². The van der Waals surface area contributed by atoms with Gasteiger partial charge < -0.3 is 14.0 Å². The number of ether oxygens (including phenoxy) is 2. The Hall–Kier alpha value is -2.33. The van der Waals surface area contributed by atoms with Crippen LogP contribution < -0.4 is 4.74 Å². The molecule has 1 unspecified atom stereocenters. The second kappa shape index (κ2) is 14.7. The van der Waals surface area contributed by atoms with Gasteiger partial charge in [0.25, 0.3) is 0 Å². The van der Waals surface area contributed by atoms with E-state index in [1.807, 2.05) is 25.1 Å². The number of benzene rings is 2. The number of hydrogen-bond acceptors (Lipinski definition) is 3. The van der Waals surface area contributed by atoms with E-state index in [9.17, 15) is 4.79 Å². The lowest BCUT2D eigenvalue weighted by Gasteiger charge is -2.29. The van der Waals surface area contributed by atoms with Crippen LogP contribution in [0.1, 0.15) is 76.3 Å². The van der Waals surface area contributed by atoms with Crippen molar-refractivity contribution in [3.05, 3.63) is 65.7 Å². The first-order valence-corrected chi connectivity index (χ1v) is 12.7. The van der Waals surface area contributed by atoms with Crippen molar-refractivity contribution in [2.75, 3.05) is 20.6 Å². The number of quaternary nitrogens is 1. The summed E-state index contributed by atoms with van der Waals surface area (Å²) in [5.41, 5.74) is 2.55. The first kappa shape index (κ1) is 26.9. The van der Waals surface area contributed by atoms with Gasteiger partial charge in [-0.05, 0) is 30.5 Å². The molecule has 0 heterocycles. The molecule has 1 atom stereocenters. The van der Waals surface area contributed by atoms with Crippen LogP contribution in [0.25, 0.3) is 0 Å². The highest BCUT2D eigenvalue weighted by molar-refractivity contribution is 5.69. The smallest absolute Gasteiger partial charge is 0.314 e. The topological polar surface area (TPSA) is 35.5 Å². The largest absolute Gasteiger partial charge is 0.455 e. The number of carbonyl (C=O) groups excluding carboxylic acids is 1. The standard InChI is InChI=1S/C29H44NO3/c1-5-7-8-9-10-12-16-25-19-15-20-27(23-25)32-29(6-2)33-28(31)21-22-30(3,4)24-26-17-13-11-14-18-26/h11,13-15,17-20,23,29H,5-10,12,16,21-22,24H2,1-4H3/q+1. The molecular formula is C29H44NO3+. The third-order valence-corrected chi connectivity index (χ3v) is 5.96. The molecule has 0 aliphatic heterocycles. The van der Waals surface area contributed by atoms with Crippen molar-refractivity contribution in [2.24, 2.45) is 0 Å². The molecule has 0 spiro atoms. The Labute approximate surface area is 201 Å². The molecule has 0 fully saturated rings. The summed E-state index contributed by atoms with van der Waals surface area (Å²) in [6.07, 6.45) is 9.27. The summed E-state index contributed by atoms with van der Waals surface area (Å²) in [7, 11) is 4.28. The third-order valence-electron chi connectivity index (χ3n) is 5.96.